The fourth-order valence-corrected chi connectivity index (χ4v) is 4.59. The maximum absolute atomic E-state index is 12.5. The highest BCUT2D eigenvalue weighted by molar-refractivity contribution is 7.13. The average Bonchev–Trinajstić information content (AvgIpc) is 3.22. The van der Waals surface area contributed by atoms with Crippen molar-refractivity contribution >= 4 is 28.8 Å². The van der Waals surface area contributed by atoms with Gasteiger partial charge >= 0.3 is 0 Å². The lowest BCUT2D eigenvalue weighted by molar-refractivity contribution is -0.120. The molecule has 156 valence electrons. The Kier molecular flexibility index (Phi) is 7.12. The minimum atomic E-state index is -0.0350. The summed E-state index contributed by atoms with van der Waals surface area (Å²) < 4.78 is 5.43. The van der Waals surface area contributed by atoms with E-state index in [1.54, 1.807) is 0 Å². The molecule has 2 heterocycles. The van der Waals surface area contributed by atoms with Crippen molar-refractivity contribution in [3.05, 3.63) is 75.8 Å². The summed E-state index contributed by atoms with van der Waals surface area (Å²) in [6, 6.07) is 15.9. The summed E-state index contributed by atoms with van der Waals surface area (Å²) in [6.45, 7) is 4.84. The third kappa shape index (κ3) is 5.46. The largest absolute Gasteiger partial charge is 0.379 e. The first-order valence-corrected chi connectivity index (χ1v) is 11.3. The molecular formula is C23H24ClN3O2S. The molecule has 0 radical (unpaired) electrons. The molecule has 0 spiro atoms. The van der Waals surface area contributed by atoms with Crippen LogP contribution in [0.25, 0.3) is 10.6 Å². The van der Waals surface area contributed by atoms with Gasteiger partial charge in [-0.2, -0.15) is 0 Å². The molecular weight excluding hydrogens is 418 g/mol. The van der Waals surface area contributed by atoms with Gasteiger partial charge in [-0.15, -0.1) is 11.3 Å². The third-order valence-corrected chi connectivity index (χ3v) is 6.34. The number of benzene rings is 2. The zero-order valence-corrected chi connectivity index (χ0v) is 18.2. The molecule has 0 atom stereocenters. The molecule has 1 aromatic heterocycles. The molecule has 0 aliphatic carbocycles. The topological polar surface area (TPSA) is 54.5 Å². The molecule has 1 saturated heterocycles. The number of thiazole rings is 1. The van der Waals surface area contributed by atoms with Gasteiger partial charge in [0.05, 0.1) is 30.4 Å². The van der Waals surface area contributed by atoms with Gasteiger partial charge in [-0.25, -0.2) is 4.98 Å². The van der Waals surface area contributed by atoms with Crippen LogP contribution in [0, 0.1) is 0 Å². The maximum Gasteiger partial charge on any atom is 0.226 e. The predicted octanol–water partition coefficient (Wildman–Crippen LogP) is 4.15. The first kappa shape index (κ1) is 21.0. The van der Waals surface area contributed by atoms with Crippen LogP contribution in [-0.4, -0.2) is 42.1 Å². The first-order valence-electron chi connectivity index (χ1n) is 10.0. The van der Waals surface area contributed by atoms with Crippen LogP contribution in [0.4, 0.5) is 0 Å². The van der Waals surface area contributed by atoms with E-state index in [-0.39, 0.29) is 12.3 Å². The molecule has 0 bridgehead atoms. The fraction of sp³-hybridized carbons (Fsp3) is 0.304. The summed E-state index contributed by atoms with van der Waals surface area (Å²) in [5.41, 5.74) is 4.05. The Hall–Kier alpha value is -2.25. The summed E-state index contributed by atoms with van der Waals surface area (Å²) in [5.74, 6) is -0.0350. The number of hydrogen-bond donors (Lipinski definition) is 1. The number of carbonyl (C=O) groups excluding carboxylic acids is 1. The van der Waals surface area contributed by atoms with Crippen molar-refractivity contribution < 1.29 is 9.53 Å². The Labute approximate surface area is 185 Å². The Bertz CT molecular complexity index is 1000. The number of aromatic nitrogens is 1. The summed E-state index contributed by atoms with van der Waals surface area (Å²) >= 11 is 7.76. The molecule has 5 nitrogen and oxygen atoms in total. The van der Waals surface area contributed by atoms with Gasteiger partial charge in [0.1, 0.15) is 5.01 Å². The van der Waals surface area contributed by atoms with Crippen LogP contribution >= 0.6 is 22.9 Å². The van der Waals surface area contributed by atoms with Crippen molar-refractivity contribution in [2.45, 2.75) is 19.5 Å². The van der Waals surface area contributed by atoms with Crippen LogP contribution in [0.5, 0.6) is 0 Å². The first-order chi connectivity index (χ1) is 14.7. The summed E-state index contributed by atoms with van der Waals surface area (Å²) in [5, 5.41) is 6.46. The monoisotopic (exact) mass is 441 g/mol. The predicted molar refractivity (Wildman–Crippen MR) is 121 cm³/mol. The van der Waals surface area contributed by atoms with Gasteiger partial charge < -0.3 is 10.1 Å². The molecule has 1 N–H and O–H groups in total. The highest BCUT2D eigenvalue weighted by Gasteiger charge is 2.14. The number of ether oxygens (including phenoxy) is 1. The van der Waals surface area contributed by atoms with Crippen LogP contribution < -0.4 is 5.32 Å². The van der Waals surface area contributed by atoms with Crippen LogP contribution in [0.3, 0.4) is 0 Å². The fourth-order valence-electron chi connectivity index (χ4n) is 3.45. The van der Waals surface area contributed by atoms with E-state index in [0.717, 1.165) is 54.7 Å². The molecule has 1 aliphatic rings. The van der Waals surface area contributed by atoms with E-state index in [4.69, 9.17) is 16.3 Å². The summed E-state index contributed by atoms with van der Waals surface area (Å²) in [4.78, 5) is 19.5. The second-order valence-electron chi connectivity index (χ2n) is 7.23. The van der Waals surface area contributed by atoms with Crippen molar-refractivity contribution in [1.29, 1.82) is 0 Å². The van der Waals surface area contributed by atoms with E-state index in [0.29, 0.717) is 11.6 Å². The van der Waals surface area contributed by atoms with Crippen molar-refractivity contribution in [3.8, 4) is 10.6 Å². The molecule has 3 aromatic rings. The number of morpholine rings is 1. The molecule has 0 unspecified atom stereocenters. The van der Waals surface area contributed by atoms with Gasteiger partial charge in [-0.3, -0.25) is 9.69 Å². The van der Waals surface area contributed by atoms with Crippen molar-refractivity contribution in [2.75, 3.05) is 26.3 Å². The quantitative estimate of drug-likeness (QED) is 0.598. The molecule has 1 amide bonds. The number of rotatable bonds is 7. The molecule has 1 fully saturated rings. The maximum atomic E-state index is 12.5. The lowest BCUT2D eigenvalue weighted by atomic mass is 10.1. The van der Waals surface area contributed by atoms with E-state index in [1.807, 2.05) is 41.8 Å². The number of carbonyl (C=O) groups is 1. The Morgan fingerprint density at radius 3 is 2.63 bits per heavy atom. The highest BCUT2D eigenvalue weighted by atomic mass is 35.5. The lowest BCUT2D eigenvalue weighted by Gasteiger charge is -2.27. The standard InChI is InChI=1S/C23H24ClN3O2S/c24-21-8-4-3-7-20(21)23-26-19(16-30-23)13-22(28)25-14-17-5-1-2-6-18(17)15-27-9-11-29-12-10-27/h1-8,16H,9-15H2,(H,25,28). The SMILES string of the molecule is O=C(Cc1csc(-c2ccccc2Cl)n1)NCc1ccccc1CN1CCOCC1. The zero-order valence-electron chi connectivity index (χ0n) is 16.6. The van der Waals surface area contributed by atoms with Gasteiger partial charge in [0.15, 0.2) is 0 Å². The zero-order chi connectivity index (χ0) is 20.8. The van der Waals surface area contributed by atoms with Gasteiger partial charge in [-0.05, 0) is 17.2 Å². The van der Waals surface area contributed by atoms with E-state index in [2.05, 4.69) is 27.3 Å². The number of nitrogens with zero attached hydrogens (tertiary/aromatic N) is 2. The van der Waals surface area contributed by atoms with Crippen molar-refractivity contribution in [1.82, 2.24) is 15.2 Å². The minimum absolute atomic E-state index is 0.0350. The van der Waals surface area contributed by atoms with E-state index in [1.165, 1.54) is 16.9 Å². The lowest BCUT2D eigenvalue weighted by Crippen LogP contribution is -2.36. The van der Waals surface area contributed by atoms with Crippen LogP contribution in [0.1, 0.15) is 16.8 Å². The van der Waals surface area contributed by atoms with E-state index in [9.17, 15) is 4.79 Å². The molecule has 30 heavy (non-hydrogen) atoms. The van der Waals surface area contributed by atoms with Crippen LogP contribution in [-0.2, 0) is 29.0 Å². The van der Waals surface area contributed by atoms with Gasteiger partial charge in [0, 0.05) is 37.1 Å². The van der Waals surface area contributed by atoms with E-state index < -0.39 is 0 Å². The van der Waals surface area contributed by atoms with Crippen LogP contribution in [0.15, 0.2) is 53.9 Å². The second-order valence-corrected chi connectivity index (χ2v) is 8.50. The highest BCUT2D eigenvalue weighted by Crippen LogP contribution is 2.30. The molecule has 1 aliphatic heterocycles. The number of hydrogen-bond acceptors (Lipinski definition) is 5. The van der Waals surface area contributed by atoms with Crippen molar-refractivity contribution in [2.24, 2.45) is 0 Å². The summed E-state index contributed by atoms with van der Waals surface area (Å²) in [7, 11) is 0. The molecule has 2 aromatic carbocycles. The third-order valence-electron chi connectivity index (χ3n) is 5.09. The number of nitrogens with one attached hydrogen (secondary N) is 1. The Morgan fingerprint density at radius 1 is 1.10 bits per heavy atom. The van der Waals surface area contributed by atoms with Gasteiger partial charge in [-0.1, -0.05) is 54.1 Å². The van der Waals surface area contributed by atoms with Gasteiger partial charge in [0.2, 0.25) is 5.91 Å². The number of amides is 1. The summed E-state index contributed by atoms with van der Waals surface area (Å²) in [6.07, 6.45) is 0.257. The van der Waals surface area contributed by atoms with Crippen LogP contribution in [0.2, 0.25) is 5.02 Å². The van der Waals surface area contributed by atoms with E-state index >= 15 is 0 Å². The molecule has 4 rings (SSSR count). The Balaban J connectivity index is 1.34. The minimum Gasteiger partial charge on any atom is -0.379 e. The van der Waals surface area contributed by atoms with Gasteiger partial charge in [0.25, 0.3) is 0 Å². The number of halogens is 1. The smallest absolute Gasteiger partial charge is 0.226 e. The average molecular weight is 442 g/mol. The Morgan fingerprint density at radius 2 is 1.83 bits per heavy atom. The molecule has 0 saturated carbocycles. The normalized spacial score (nSPS) is 14.6. The second kappa shape index (κ2) is 10.2. The van der Waals surface area contributed by atoms with Crippen molar-refractivity contribution in [3.63, 3.8) is 0 Å². The molecule has 7 heteroatoms.